The van der Waals surface area contributed by atoms with Gasteiger partial charge in [0.05, 0.1) is 11.9 Å². The first kappa shape index (κ1) is 13.4. The molecule has 0 fully saturated rings. The van der Waals surface area contributed by atoms with Gasteiger partial charge < -0.3 is 9.15 Å². The van der Waals surface area contributed by atoms with Gasteiger partial charge in [-0.2, -0.15) is 0 Å². The maximum atomic E-state index is 11.7. The predicted molar refractivity (Wildman–Crippen MR) is 71.0 cm³/mol. The second-order valence-electron chi connectivity index (χ2n) is 5.49. The molecule has 5 nitrogen and oxygen atoms in total. The lowest BCUT2D eigenvalue weighted by Crippen LogP contribution is -2.24. The van der Waals surface area contributed by atoms with Crippen molar-refractivity contribution in [2.45, 2.75) is 32.8 Å². The van der Waals surface area contributed by atoms with Crippen LogP contribution in [0.3, 0.4) is 0 Å². The van der Waals surface area contributed by atoms with E-state index in [-0.39, 0.29) is 12.4 Å². The normalized spacial score (nSPS) is 11.8. The van der Waals surface area contributed by atoms with Crippen LogP contribution in [-0.2, 0) is 23.0 Å². The lowest BCUT2D eigenvalue weighted by Gasteiger charge is -2.19. The van der Waals surface area contributed by atoms with E-state index in [1.165, 1.54) is 4.57 Å². The van der Waals surface area contributed by atoms with Crippen LogP contribution in [0.4, 0.5) is 0 Å². The number of carbonyl (C=O) groups is 1. The van der Waals surface area contributed by atoms with Crippen LogP contribution in [0.25, 0.3) is 11.1 Å². The first-order chi connectivity index (χ1) is 8.76. The van der Waals surface area contributed by atoms with Gasteiger partial charge in [-0.3, -0.25) is 9.36 Å². The van der Waals surface area contributed by atoms with Crippen molar-refractivity contribution in [3.63, 3.8) is 0 Å². The lowest BCUT2D eigenvalue weighted by molar-refractivity contribution is -0.153. The van der Waals surface area contributed by atoms with Gasteiger partial charge in [-0.05, 0) is 38.5 Å². The molecule has 0 radical (unpaired) electrons. The number of hydrogen-bond acceptors (Lipinski definition) is 4. The molecule has 0 aliphatic heterocycles. The Balaban J connectivity index is 2.23. The number of nitrogens with zero attached hydrogens (tertiary/aromatic N) is 1. The highest BCUT2D eigenvalue weighted by atomic mass is 16.6. The molecular weight excluding hydrogens is 246 g/mol. The van der Waals surface area contributed by atoms with Gasteiger partial charge in [0.25, 0.3) is 0 Å². The van der Waals surface area contributed by atoms with E-state index in [4.69, 9.17) is 9.15 Å². The van der Waals surface area contributed by atoms with Crippen molar-refractivity contribution in [1.29, 1.82) is 0 Å². The average Bonchev–Trinajstić information content (AvgIpc) is 2.51. The summed E-state index contributed by atoms with van der Waals surface area (Å²) < 4.78 is 11.7. The third kappa shape index (κ3) is 3.05. The molecule has 5 heteroatoms. The zero-order valence-corrected chi connectivity index (χ0v) is 11.5. The predicted octanol–water partition coefficient (Wildman–Crippen LogP) is 2.02. The number of rotatable bonds is 2. The molecular formula is C14H17NO4. The summed E-state index contributed by atoms with van der Waals surface area (Å²) in [5, 5.41) is 0. The van der Waals surface area contributed by atoms with Gasteiger partial charge in [0, 0.05) is 7.05 Å². The number of hydrogen-bond donors (Lipinski definition) is 0. The maximum Gasteiger partial charge on any atom is 0.419 e. The Hall–Kier alpha value is -2.04. The monoisotopic (exact) mass is 263 g/mol. The van der Waals surface area contributed by atoms with Crippen molar-refractivity contribution in [3.8, 4) is 0 Å². The van der Waals surface area contributed by atoms with Crippen molar-refractivity contribution in [3.05, 3.63) is 34.3 Å². The smallest absolute Gasteiger partial charge is 0.419 e. The van der Waals surface area contributed by atoms with Crippen LogP contribution >= 0.6 is 0 Å². The van der Waals surface area contributed by atoms with Crippen molar-refractivity contribution >= 4 is 17.1 Å². The third-order valence-corrected chi connectivity index (χ3v) is 2.63. The molecule has 2 aromatic rings. The standard InChI is InChI=1S/C14H17NO4/c1-14(2,3)19-12(16)8-9-5-6-10-11(7-9)18-13(17)15(10)4/h5-7H,8H2,1-4H3. The molecule has 1 aromatic carbocycles. The molecule has 1 aromatic heterocycles. The van der Waals surface area contributed by atoms with Gasteiger partial charge in [-0.15, -0.1) is 0 Å². The van der Waals surface area contributed by atoms with E-state index < -0.39 is 11.4 Å². The Morgan fingerprint density at radius 3 is 2.68 bits per heavy atom. The summed E-state index contributed by atoms with van der Waals surface area (Å²) in [6, 6.07) is 5.25. The highest BCUT2D eigenvalue weighted by Crippen LogP contribution is 2.16. The Bertz CT molecular complexity index is 673. The van der Waals surface area contributed by atoms with Gasteiger partial charge in [0.1, 0.15) is 5.60 Å². The summed E-state index contributed by atoms with van der Waals surface area (Å²) in [5.41, 5.74) is 1.45. The van der Waals surface area contributed by atoms with Crippen LogP contribution in [-0.4, -0.2) is 16.1 Å². The first-order valence-electron chi connectivity index (χ1n) is 6.06. The van der Waals surface area contributed by atoms with E-state index in [1.54, 1.807) is 25.2 Å². The van der Waals surface area contributed by atoms with Crippen LogP contribution in [0.15, 0.2) is 27.4 Å². The van der Waals surface area contributed by atoms with E-state index in [1.807, 2.05) is 20.8 Å². The molecule has 0 N–H and O–H groups in total. The third-order valence-electron chi connectivity index (χ3n) is 2.63. The van der Waals surface area contributed by atoms with E-state index in [0.29, 0.717) is 11.1 Å². The number of esters is 1. The molecule has 19 heavy (non-hydrogen) atoms. The molecule has 2 rings (SSSR count). The van der Waals surface area contributed by atoms with Gasteiger partial charge in [-0.25, -0.2) is 4.79 Å². The maximum absolute atomic E-state index is 11.7. The van der Waals surface area contributed by atoms with Crippen molar-refractivity contribution in [2.24, 2.45) is 7.05 Å². The summed E-state index contributed by atoms with van der Waals surface area (Å²) in [7, 11) is 1.64. The highest BCUT2D eigenvalue weighted by Gasteiger charge is 2.17. The molecule has 0 aliphatic rings. The molecule has 0 saturated carbocycles. The van der Waals surface area contributed by atoms with Gasteiger partial charge in [-0.1, -0.05) is 6.07 Å². The first-order valence-corrected chi connectivity index (χ1v) is 6.06. The molecule has 0 saturated heterocycles. The van der Waals surface area contributed by atoms with E-state index in [2.05, 4.69) is 0 Å². The van der Waals surface area contributed by atoms with E-state index >= 15 is 0 Å². The van der Waals surface area contributed by atoms with E-state index in [9.17, 15) is 9.59 Å². The Kier molecular flexibility index (Phi) is 3.22. The zero-order valence-electron chi connectivity index (χ0n) is 11.5. The number of fused-ring (bicyclic) bond motifs is 1. The number of ether oxygens (including phenoxy) is 1. The van der Waals surface area contributed by atoms with Crippen molar-refractivity contribution in [1.82, 2.24) is 4.57 Å². The minimum absolute atomic E-state index is 0.159. The summed E-state index contributed by atoms with van der Waals surface area (Å²) in [6.45, 7) is 5.47. The Morgan fingerprint density at radius 1 is 1.37 bits per heavy atom. The molecule has 0 aliphatic carbocycles. The molecule has 0 bridgehead atoms. The van der Waals surface area contributed by atoms with Crippen molar-refractivity contribution < 1.29 is 13.9 Å². The second-order valence-corrected chi connectivity index (χ2v) is 5.49. The van der Waals surface area contributed by atoms with Crippen LogP contribution in [0.2, 0.25) is 0 Å². The number of aryl methyl sites for hydroxylation is 1. The van der Waals surface area contributed by atoms with Crippen LogP contribution in [0, 0.1) is 0 Å². The van der Waals surface area contributed by atoms with E-state index in [0.717, 1.165) is 5.56 Å². The molecule has 0 unspecified atom stereocenters. The van der Waals surface area contributed by atoms with Gasteiger partial charge >= 0.3 is 11.7 Å². The topological polar surface area (TPSA) is 61.4 Å². The number of benzene rings is 1. The summed E-state index contributed by atoms with van der Waals surface area (Å²) in [4.78, 5) is 23.1. The average molecular weight is 263 g/mol. The molecule has 0 amide bonds. The fourth-order valence-electron chi connectivity index (χ4n) is 1.83. The van der Waals surface area contributed by atoms with Gasteiger partial charge in [0.15, 0.2) is 5.58 Å². The van der Waals surface area contributed by atoms with Crippen LogP contribution in [0.1, 0.15) is 26.3 Å². The molecule has 1 heterocycles. The minimum Gasteiger partial charge on any atom is -0.460 e. The number of oxazole rings is 1. The number of aromatic nitrogens is 1. The van der Waals surface area contributed by atoms with Crippen molar-refractivity contribution in [2.75, 3.05) is 0 Å². The minimum atomic E-state index is -0.500. The lowest BCUT2D eigenvalue weighted by atomic mass is 10.1. The fourth-order valence-corrected chi connectivity index (χ4v) is 1.83. The Labute approximate surface area is 110 Å². The van der Waals surface area contributed by atoms with Crippen LogP contribution in [0.5, 0.6) is 0 Å². The van der Waals surface area contributed by atoms with Gasteiger partial charge in [0.2, 0.25) is 0 Å². The quantitative estimate of drug-likeness (QED) is 0.778. The largest absolute Gasteiger partial charge is 0.460 e. The summed E-state index contributed by atoms with van der Waals surface area (Å²) in [5.74, 6) is -0.713. The number of carbonyl (C=O) groups excluding carboxylic acids is 1. The highest BCUT2D eigenvalue weighted by molar-refractivity contribution is 5.77. The fraction of sp³-hybridized carbons (Fsp3) is 0.429. The SMILES string of the molecule is Cn1c(=O)oc2cc(CC(=O)OC(C)(C)C)ccc21. The summed E-state index contributed by atoms with van der Waals surface area (Å²) in [6.07, 6.45) is 0.159. The molecule has 102 valence electrons. The summed E-state index contributed by atoms with van der Waals surface area (Å²) >= 11 is 0. The zero-order chi connectivity index (χ0) is 14.2. The molecule has 0 atom stereocenters. The Morgan fingerprint density at radius 2 is 2.05 bits per heavy atom. The molecule has 0 spiro atoms. The van der Waals surface area contributed by atoms with Crippen LogP contribution < -0.4 is 5.76 Å². The second kappa shape index (κ2) is 4.57.